The van der Waals surface area contributed by atoms with Crippen LogP contribution in [0.25, 0.3) is 21.8 Å². The molecule has 0 spiro atoms. The number of fused-ring (bicyclic) bond motifs is 2. The highest BCUT2D eigenvalue weighted by molar-refractivity contribution is 5.89. The van der Waals surface area contributed by atoms with Crippen LogP contribution in [0, 0.1) is 0 Å². The summed E-state index contributed by atoms with van der Waals surface area (Å²) in [6.45, 7) is 1.33. The van der Waals surface area contributed by atoms with Gasteiger partial charge in [-0.2, -0.15) is 0 Å². The summed E-state index contributed by atoms with van der Waals surface area (Å²) < 4.78 is 9.48. The summed E-state index contributed by atoms with van der Waals surface area (Å²) in [5.41, 5.74) is 3.35. The van der Waals surface area contributed by atoms with E-state index in [1.165, 1.54) is 0 Å². The number of hydrogen-bond donors (Lipinski definition) is 1. The Morgan fingerprint density at radius 1 is 1.11 bits per heavy atom. The lowest BCUT2D eigenvalue weighted by Gasteiger charge is -2.08. The number of ether oxygens (including phenoxy) is 1. The van der Waals surface area contributed by atoms with Crippen LogP contribution >= 0.6 is 0 Å². The van der Waals surface area contributed by atoms with E-state index in [9.17, 15) is 4.79 Å². The van der Waals surface area contributed by atoms with Gasteiger partial charge in [-0.3, -0.25) is 4.79 Å². The number of amides is 1. The third-order valence-electron chi connectivity index (χ3n) is 4.98. The smallest absolute Gasteiger partial charge is 0.224 e. The zero-order valence-electron chi connectivity index (χ0n) is 15.6. The lowest BCUT2D eigenvalue weighted by molar-refractivity contribution is -0.120. The zero-order chi connectivity index (χ0) is 18.8. The molecule has 0 aliphatic rings. The summed E-state index contributed by atoms with van der Waals surface area (Å²) >= 11 is 0. The Morgan fingerprint density at radius 2 is 1.96 bits per heavy atom. The Balaban J connectivity index is 1.38. The number of aromatic nitrogens is 2. The van der Waals surface area contributed by atoms with Crippen LogP contribution in [-0.2, 0) is 24.8 Å². The van der Waals surface area contributed by atoms with Crippen molar-refractivity contribution in [3.05, 3.63) is 66.5 Å². The molecule has 0 saturated heterocycles. The van der Waals surface area contributed by atoms with Gasteiger partial charge in [0, 0.05) is 54.3 Å². The first-order valence-electron chi connectivity index (χ1n) is 9.08. The molecule has 1 N–H and O–H groups in total. The predicted molar refractivity (Wildman–Crippen MR) is 108 cm³/mol. The van der Waals surface area contributed by atoms with E-state index in [2.05, 4.69) is 32.7 Å². The standard InChI is InChI=1S/C22H23N3O2/c1-24-15-17(19-5-3-4-6-21(19)24)14-22(26)23-10-12-25-11-9-16-13-18(27-2)7-8-20(16)25/h3-9,11,13,15H,10,12,14H2,1-2H3,(H,23,26). The molecule has 138 valence electrons. The molecule has 0 radical (unpaired) electrons. The van der Waals surface area contributed by atoms with E-state index in [0.29, 0.717) is 13.0 Å². The Bertz CT molecular complexity index is 1110. The van der Waals surface area contributed by atoms with Crippen molar-refractivity contribution in [1.82, 2.24) is 14.5 Å². The number of methoxy groups -OCH3 is 1. The number of rotatable bonds is 6. The van der Waals surface area contributed by atoms with Gasteiger partial charge in [-0.1, -0.05) is 18.2 Å². The Kier molecular flexibility index (Phi) is 4.59. The van der Waals surface area contributed by atoms with Crippen molar-refractivity contribution < 1.29 is 9.53 Å². The van der Waals surface area contributed by atoms with Gasteiger partial charge in [-0.15, -0.1) is 0 Å². The van der Waals surface area contributed by atoms with E-state index in [1.54, 1.807) is 7.11 Å². The molecule has 0 aliphatic carbocycles. The molecule has 2 heterocycles. The highest BCUT2D eigenvalue weighted by Gasteiger charge is 2.10. The second-order valence-electron chi connectivity index (χ2n) is 6.74. The van der Waals surface area contributed by atoms with Crippen LogP contribution in [0.3, 0.4) is 0 Å². The minimum absolute atomic E-state index is 0.0458. The van der Waals surface area contributed by atoms with Crippen molar-refractivity contribution in [3.8, 4) is 5.75 Å². The average molecular weight is 361 g/mol. The molecule has 0 fully saturated rings. The molecule has 0 unspecified atom stereocenters. The fourth-order valence-electron chi connectivity index (χ4n) is 3.62. The van der Waals surface area contributed by atoms with E-state index >= 15 is 0 Å². The maximum atomic E-state index is 12.4. The molecule has 5 nitrogen and oxygen atoms in total. The van der Waals surface area contributed by atoms with Gasteiger partial charge in [0.25, 0.3) is 0 Å². The zero-order valence-corrected chi connectivity index (χ0v) is 15.6. The normalized spacial score (nSPS) is 11.2. The molecule has 0 bridgehead atoms. The number of para-hydroxylation sites is 1. The molecule has 4 aromatic rings. The number of carbonyl (C=O) groups is 1. The molecule has 2 aromatic carbocycles. The van der Waals surface area contributed by atoms with Crippen molar-refractivity contribution in [2.24, 2.45) is 7.05 Å². The van der Waals surface area contributed by atoms with Crippen molar-refractivity contribution >= 4 is 27.7 Å². The number of nitrogens with zero attached hydrogens (tertiary/aromatic N) is 2. The Hall–Kier alpha value is -3.21. The first-order chi connectivity index (χ1) is 13.2. The average Bonchev–Trinajstić information content (AvgIpc) is 3.23. The molecule has 1 amide bonds. The van der Waals surface area contributed by atoms with Gasteiger partial charge >= 0.3 is 0 Å². The third kappa shape index (κ3) is 3.40. The minimum atomic E-state index is 0.0458. The minimum Gasteiger partial charge on any atom is -0.497 e. The topological polar surface area (TPSA) is 48.2 Å². The van der Waals surface area contributed by atoms with E-state index in [1.807, 2.05) is 49.8 Å². The molecule has 0 atom stereocenters. The molecule has 27 heavy (non-hydrogen) atoms. The summed E-state index contributed by atoms with van der Waals surface area (Å²) in [5.74, 6) is 0.896. The van der Waals surface area contributed by atoms with Gasteiger partial charge in [0.2, 0.25) is 5.91 Å². The Morgan fingerprint density at radius 3 is 2.81 bits per heavy atom. The predicted octanol–water partition coefficient (Wildman–Crippen LogP) is 3.50. The van der Waals surface area contributed by atoms with Crippen LogP contribution in [0.5, 0.6) is 5.75 Å². The van der Waals surface area contributed by atoms with Crippen LogP contribution in [0.1, 0.15) is 5.56 Å². The quantitative estimate of drug-likeness (QED) is 0.571. The summed E-state index contributed by atoms with van der Waals surface area (Å²) in [4.78, 5) is 12.4. The van der Waals surface area contributed by atoms with Crippen molar-refractivity contribution in [3.63, 3.8) is 0 Å². The van der Waals surface area contributed by atoms with Crippen LogP contribution in [0.2, 0.25) is 0 Å². The fourth-order valence-corrected chi connectivity index (χ4v) is 3.62. The van der Waals surface area contributed by atoms with Crippen molar-refractivity contribution in [2.75, 3.05) is 13.7 Å². The largest absolute Gasteiger partial charge is 0.497 e. The van der Waals surface area contributed by atoms with E-state index in [0.717, 1.165) is 39.7 Å². The SMILES string of the molecule is COc1ccc2c(ccn2CCNC(=O)Cc2cn(C)c3ccccc23)c1. The van der Waals surface area contributed by atoms with Gasteiger partial charge in [0.1, 0.15) is 5.75 Å². The van der Waals surface area contributed by atoms with Gasteiger partial charge < -0.3 is 19.2 Å². The molecular weight excluding hydrogens is 338 g/mol. The van der Waals surface area contributed by atoms with E-state index < -0.39 is 0 Å². The second kappa shape index (κ2) is 7.19. The third-order valence-corrected chi connectivity index (χ3v) is 4.98. The summed E-state index contributed by atoms with van der Waals surface area (Å²) in [5, 5.41) is 5.31. The van der Waals surface area contributed by atoms with Gasteiger partial charge in [0.05, 0.1) is 13.5 Å². The van der Waals surface area contributed by atoms with Crippen molar-refractivity contribution in [2.45, 2.75) is 13.0 Å². The number of nitrogens with one attached hydrogen (secondary N) is 1. The maximum Gasteiger partial charge on any atom is 0.224 e. The monoisotopic (exact) mass is 361 g/mol. The maximum absolute atomic E-state index is 12.4. The first kappa shape index (κ1) is 17.2. The molecule has 2 aromatic heterocycles. The highest BCUT2D eigenvalue weighted by Crippen LogP contribution is 2.22. The second-order valence-corrected chi connectivity index (χ2v) is 6.74. The Labute approximate surface area is 158 Å². The number of carbonyl (C=O) groups excluding carboxylic acids is 1. The number of benzene rings is 2. The fraction of sp³-hybridized carbons (Fsp3) is 0.227. The first-order valence-corrected chi connectivity index (χ1v) is 9.08. The van der Waals surface area contributed by atoms with E-state index in [-0.39, 0.29) is 5.91 Å². The number of aryl methyl sites for hydroxylation is 1. The molecule has 0 aliphatic heterocycles. The van der Waals surface area contributed by atoms with Crippen LogP contribution in [-0.4, -0.2) is 28.7 Å². The summed E-state index contributed by atoms with van der Waals surface area (Å²) in [6.07, 6.45) is 4.48. The van der Waals surface area contributed by atoms with Crippen LogP contribution in [0.4, 0.5) is 0 Å². The van der Waals surface area contributed by atoms with Gasteiger partial charge in [-0.25, -0.2) is 0 Å². The molecule has 5 heteroatoms. The van der Waals surface area contributed by atoms with E-state index in [4.69, 9.17) is 4.74 Å². The number of hydrogen-bond acceptors (Lipinski definition) is 2. The van der Waals surface area contributed by atoms with Gasteiger partial charge in [0.15, 0.2) is 0 Å². The lowest BCUT2D eigenvalue weighted by atomic mass is 10.1. The molecular formula is C22H23N3O2. The molecule has 4 rings (SSSR count). The van der Waals surface area contributed by atoms with Crippen LogP contribution < -0.4 is 10.1 Å². The lowest BCUT2D eigenvalue weighted by Crippen LogP contribution is -2.28. The van der Waals surface area contributed by atoms with Crippen molar-refractivity contribution in [1.29, 1.82) is 0 Å². The van der Waals surface area contributed by atoms with Gasteiger partial charge in [-0.05, 0) is 35.9 Å². The highest BCUT2D eigenvalue weighted by atomic mass is 16.5. The van der Waals surface area contributed by atoms with Crippen LogP contribution in [0.15, 0.2) is 60.9 Å². The summed E-state index contributed by atoms with van der Waals surface area (Å²) in [6, 6.07) is 16.3. The molecule has 0 saturated carbocycles. The summed E-state index contributed by atoms with van der Waals surface area (Å²) in [7, 11) is 3.68.